The third-order valence-corrected chi connectivity index (χ3v) is 2.46. The lowest BCUT2D eigenvalue weighted by molar-refractivity contribution is 0.219. The van der Waals surface area contributed by atoms with Gasteiger partial charge in [-0.3, -0.25) is 4.21 Å². The van der Waals surface area contributed by atoms with Crippen LogP contribution < -0.4 is 0 Å². The average Bonchev–Trinajstić information content (AvgIpc) is 1.88. The summed E-state index contributed by atoms with van der Waals surface area (Å²) in [7, 11) is 1.99. The second-order valence-electron chi connectivity index (χ2n) is 2.45. The van der Waals surface area contributed by atoms with Crippen LogP contribution in [0.25, 0.3) is 0 Å². The highest BCUT2D eigenvalue weighted by molar-refractivity contribution is 7.76. The van der Waals surface area contributed by atoms with Crippen molar-refractivity contribution in [1.82, 2.24) is 9.21 Å². The van der Waals surface area contributed by atoms with Gasteiger partial charge >= 0.3 is 0 Å². The third-order valence-electron chi connectivity index (χ3n) is 1.67. The van der Waals surface area contributed by atoms with Gasteiger partial charge in [0, 0.05) is 37.4 Å². The molecule has 60 valence electrons. The maximum Gasteiger partial charge on any atom is 0.0230 e. The average molecular weight is 163 g/mol. The fourth-order valence-electron chi connectivity index (χ4n) is 0.937. The fraction of sp³-hybridized carbons (Fsp3) is 1.00. The Balaban J connectivity index is 2.33. The largest absolute Gasteiger partial charge is 0.760 e. The van der Waals surface area contributed by atoms with E-state index < -0.39 is 11.3 Å². The topological polar surface area (TPSA) is 46.6 Å². The number of hydrogen-bond acceptors (Lipinski definition) is 3. The maximum absolute atomic E-state index is 10.4. The molecule has 0 aliphatic carbocycles. The second-order valence-corrected chi connectivity index (χ2v) is 3.40. The van der Waals surface area contributed by atoms with Crippen molar-refractivity contribution in [2.45, 2.75) is 0 Å². The molecule has 0 radical (unpaired) electrons. The molecule has 1 heterocycles. The highest BCUT2D eigenvalue weighted by Crippen LogP contribution is 1.99. The first kappa shape index (κ1) is 8.13. The van der Waals surface area contributed by atoms with Crippen molar-refractivity contribution in [2.75, 3.05) is 33.2 Å². The van der Waals surface area contributed by atoms with Gasteiger partial charge in [-0.05, 0) is 7.05 Å². The van der Waals surface area contributed by atoms with Crippen LogP contribution in [0.4, 0.5) is 0 Å². The van der Waals surface area contributed by atoms with E-state index in [0.29, 0.717) is 13.1 Å². The fourth-order valence-corrected chi connectivity index (χ4v) is 1.40. The maximum atomic E-state index is 10.4. The summed E-state index contributed by atoms with van der Waals surface area (Å²) >= 11 is -2.01. The molecule has 1 unspecified atom stereocenters. The minimum Gasteiger partial charge on any atom is -0.760 e. The Kier molecular flexibility index (Phi) is 2.79. The molecule has 5 heteroatoms. The summed E-state index contributed by atoms with van der Waals surface area (Å²) in [5.74, 6) is 0. The first-order chi connectivity index (χ1) is 4.70. The van der Waals surface area contributed by atoms with E-state index >= 15 is 0 Å². The molecule has 1 fully saturated rings. The van der Waals surface area contributed by atoms with Crippen LogP contribution in [0.2, 0.25) is 0 Å². The van der Waals surface area contributed by atoms with Crippen LogP contribution in [0, 0.1) is 0 Å². The molecular weight excluding hydrogens is 152 g/mol. The van der Waals surface area contributed by atoms with Crippen molar-refractivity contribution in [3.8, 4) is 0 Å². The molecule has 1 atom stereocenters. The Hall–Kier alpha value is 0.0300. The van der Waals surface area contributed by atoms with E-state index in [4.69, 9.17) is 0 Å². The van der Waals surface area contributed by atoms with Gasteiger partial charge in [-0.15, -0.1) is 0 Å². The van der Waals surface area contributed by atoms with Crippen molar-refractivity contribution >= 4 is 11.3 Å². The molecule has 0 bridgehead atoms. The molecule has 1 aliphatic rings. The predicted molar refractivity (Wildman–Crippen MR) is 38.0 cm³/mol. The van der Waals surface area contributed by atoms with Crippen molar-refractivity contribution < 1.29 is 8.76 Å². The van der Waals surface area contributed by atoms with Crippen LogP contribution in [0.1, 0.15) is 0 Å². The van der Waals surface area contributed by atoms with Crippen molar-refractivity contribution in [3.05, 3.63) is 0 Å². The SMILES string of the molecule is CN1CCN(S(=O)[O-])CC1. The molecule has 0 amide bonds. The van der Waals surface area contributed by atoms with Gasteiger partial charge in [-0.2, -0.15) is 0 Å². The summed E-state index contributed by atoms with van der Waals surface area (Å²) in [6.45, 7) is 2.95. The summed E-state index contributed by atoms with van der Waals surface area (Å²) < 4.78 is 22.2. The first-order valence-electron chi connectivity index (χ1n) is 3.23. The summed E-state index contributed by atoms with van der Waals surface area (Å²) in [5, 5.41) is 0. The number of piperazine rings is 1. The van der Waals surface area contributed by atoms with E-state index in [2.05, 4.69) is 4.90 Å². The van der Waals surface area contributed by atoms with Crippen molar-refractivity contribution in [2.24, 2.45) is 0 Å². The number of rotatable bonds is 1. The lowest BCUT2D eigenvalue weighted by Gasteiger charge is -2.32. The highest BCUT2D eigenvalue weighted by atomic mass is 32.2. The Bertz CT molecular complexity index is 134. The normalized spacial score (nSPS) is 26.6. The van der Waals surface area contributed by atoms with E-state index in [-0.39, 0.29) is 0 Å². The van der Waals surface area contributed by atoms with Crippen molar-refractivity contribution in [3.63, 3.8) is 0 Å². The van der Waals surface area contributed by atoms with Gasteiger partial charge in [0.05, 0.1) is 0 Å². The zero-order valence-corrected chi connectivity index (χ0v) is 6.76. The smallest absolute Gasteiger partial charge is 0.0230 e. The molecule has 10 heavy (non-hydrogen) atoms. The summed E-state index contributed by atoms with van der Waals surface area (Å²) in [6, 6.07) is 0. The quantitative estimate of drug-likeness (QED) is 0.467. The van der Waals surface area contributed by atoms with Gasteiger partial charge in [0.15, 0.2) is 0 Å². The number of hydrogen-bond donors (Lipinski definition) is 0. The van der Waals surface area contributed by atoms with Gasteiger partial charge in [-0.25, -0.2) is 4.31 Å². The molecule has 4 nitrogen and oxygen atoms in total. The minimum absolute atomic E-state index is 0.632. The monoisotopic (exact) mass is 163 g/mol. The van der Waals surface area contributed by atoms with Gasteiger partial charge in [0.2, 0.25) is 0 Å². The van der Waals surface area contributed by atoms with Crippen LogP contribution in [-0.2, 0) is 11.3 Å². The zero-order chi connectivity index (χ0) is 7.56. The number of nitrogens with zero attached hydrogens (tertiary/aromatic N) is 2. The molecule has 0 N–H and O–H groups in total. The van der Waals surface area contributed by atoms with Gasteiger partial charge in [-0.1, -0.05) is 0 Å². The van der Waals surface area contributed by atoms with Crippen molar-refractivity contribution in [1.29, 1.82) is 0 Å². The lowest BCUT2D eigenvalue weighted by atomic mass is 10.4. The van der Waals surface area contributed by atoms with Crippen LogP contribution in [-0.4, -0.2) is 51.2 Å². The van der Waals surface area contributed by atoms with E-state index in [1.807, 2.05) is 7.05 Å². The molecule has 1 saturated heterocycles. The van der Waals surface area contributed by atoms with Gasteiger partial charge < -0.3 is 9.45 Å². The zero-order valence-electron chi connectivity index (χ0n) is 5.95. The summed E-state index contributed by atoms with van der Waals surface area (Å²) in [4.78, 5) is 2.11. The summed E-state index contributed by atoms with van der Waals surface area (Å²) in [5.41, 5.74) is 0. The standard InChI is InChI=1S/C5H12N2O2S/c1-6-2-4-7(5-3-6)10(8)9/h2-5H2,1H3,(H,8,9)/p-1. The molecule has 0 aromatic heterocycles. The van der Waals surface area contributed by atoms with Gasteiger partial charge in [0.25, 0.3) is 0 Å². The molecule has 0 aromatic carbocycles. The number of likely N-dealkylation sites (N-methyl/N-ethyl adjacent to an activating group) is 1. The van der Waals surface area contributed by atoms with Crippen LogP contribution >= 0.6 is 0 Å². The Morgan fingerprint density at radius 3 is 2.20 bits per heavy atom. The Labute approximate surface area is 63.2 Å². The van der Waals surface area contributed by atoms with E-state index in [9.17, 15) is 8.76 Å². The van der Waals surface area contributed by atoms with Gasteiger partial charge in [0.1, 0.15) is 0 Å². The van der Waals surface area contributed by atoms with Crippen LogP contribution in [0.5, 0.6) is 0 Å². The summed E-state index contributed by atoms with van der Waals surface area (Å²) in [6.07, 6.45) is 0. The molecule has 0 saturated carbocycles. The molecule has 1 aliphatic heterocycles. The highest BCUT2D eigenvalue weighted by Gasteiger charge is 2.12. The Morgan fingerprint density at radius 1 is 1.30 bits per heavy atom. The molecular formula is C5H11N2O2S-. The molecule has 0 spiro atoms. The molecule has 0 aromatic rings. The third kappa shape index (κ3) is 2.02. The van der Waals surface area contributed by atoms with E-state index in [0.717, 1.165) is 13.1 Å². The minimum atomic E-state index is -2.01. The van der Waals surface area contributed by atoms with Crippen LogP contribution in [0.15, 0.2) is 0 Å². The van der Waals surface area contributed by atoms with E-state index in [1.165, 1.54) is 4.31 Å². The second kappa shape index (κ2) is 3.43. The lowest BCUT2D eigenvalue weighted by Crippen LogP contribution is -2.44. The molecule has 1 rings (SSSR count). The van der Waals surface area contributed by atoms with E-state index in [1.54, 1.807) is 0 Å². The Morgan fingerprint density at radius 2 is 1.80 bits per heavy atom. The first-order valence-corrected chi connectivity index (χ1v) is 4.26. The van der Waals surface area contributed by atoms with Crippen LogP contribution in [0.3, 0.4) is 0 Å². The predicted octanol–water partition coefficient (Wildman–Crippen LogP) is -0.972.